The van der Waals surface area contributed by atoms with Crippen molar-refractivity contribution in [2.45, 2.75) is 4.90 Å². The standard InChI is InChI=1S/C11H11N3O2S/c1-17(15,16)8-2-3-11(14-6-8)9-7-13-5-4-10(9)12/h2-7H,1H3,(H2,12,13). The van der Waals surface area contributed by atoms with Crippen molar-refractivity contribution >= 4 is 15.5 Å². The first-order valence-electron chi connectivity index (χ1n) is 4.84. The fourth-order valence-electron chi connectivity index (χ4n) is 1.38. The molecule has 6 heteroatoms. The van der Waals surface area contributed by atoms with E-state index < -0.39 is 9.84 Å². The fraction of sp³-hybridized carbons (Fsp3) is 0.0909. The van der Waals surface area contributed by atoms with E-state index in [1.54, 1.807) is 24.5 Å². The lowest BCUT2D eigenvalue weighted by Gasteiger charge is -2.04. The van der Waals surface area contributed by atoms with Crippen LogP contribution in [0.15, 0.2) is 41.7 Å². The summed E-state index contributed by atoms with van der Waals surface area (Å²) in [6.07, 6.45) is 5.64. The maximum Gasteiger partial charge on any atom is 0.177 e. The number of hydrogen-bond donors (Lipinski definition) is 1. The summed E-state index contributed by atoms with van der Waals surface area (Å²) < 4.78 is 22.5. The molecule has 0 saturated carbocycles. The van der Waals surface area contributed by atoms with Gasteiger partial charge in [0.2, 0.25) is 0 Å². The molecule has 0 unspecified atom stereocenters. The van der Waals surface area contributed by atoms with Crippen LogP contribution >= 0.6 is 0 Å². The van der Waals surface area contributed by atoms with E-state index in [1.165, 1.54) is 12.3 Å². The molecule has 5 nitrogen and oxygen atoms in total. The Labute approximate surface area is 99.3 Å². The summed E-state index contributed by atoms with van der Waals surface area (Å²) in [6.45, 7) is 0. The third kappa shape index (κ3) is 2.42. The SMILES string of the molecule is CS(=O)(=O)c1ccc(-c2cnccc2N)nc1. The Bertz CT molecular complexity index is 636. The molecule has 2 heterocycles. The van der Waals surface area contributed by atoms with Crippen LogP contribution in [0.3, 0.4) is 0 Å². The number of aromatic nitrogens is 2. The van der Waals surface area contributed by atoms with Gasteiger partial charge in [-0.2, -0.15) is 0 Å². The molecular formula is C11H11N3O2S. The van der Waals surface area contributed by atoms with Crippen LogP contribution in [0, 0.1) is 0 Å². The molecule has 17 heavy (non-hydrogen) atoms. The number of anilines is 1. The second-order valence-corrected chi connectivity index (χ2v) is 5.63. The van der Waals surface area contributed by atoms with Crippen molar-refractivity contribution < 1.29 is 8.42 Å². The predicted octanol–water partition coefficient (Wildman–Crippen LogP) is 1.13. The zero-order valence-electron chi connectivity index (χ0n) is 9.16. The Morgan fingerprint density at radius 1 is 1.18 bits per heavy atom. The summed E-state index contributed by atoms with van der Waals surface area (Å²) in [7, 11) is -3.22. The smallest absolute Gasteiger partial charge is 0.177 e. The molecular weight excluding hydrogens is 238 g/mol. The zero-order chi connectivity index (χ0) is 12.5. The average Bonchev–Trinajstić information content (AvgIpc) is 2.29. The monoisotopic (exact) mass is 249 g/mol. The normalized spacial score (nSPS) is 11.4. The average molecular weight is 249 g/mol. The second-order valence-electron chi connectivity index (χ2n) is 3.61. The number of nitrogens with zero attached hydrogens (tertiary/aromatic N) is 2. The minimum Gasteiger partial charge on any atom is -0.398 e. The Balaban J connectivity index is 2.47. The minimum absolute atomic E-state index is 0.184. The van der Waals surface area contributed by atoms with E-state index in [2.05, 4.69) is 9.97 Å². The summed E-state index contributed by atoms with van der Waals surface area (Å²) in [4.78, 5) is 8.22. The van der Waals surface area contributed by atoms with Crippen molar-refractivity contribution in [1.82, 2.24) is 9.97 Å². The van der Waals surface area contributed by atoms with Gasteiger partial charge in [-0.3, -0.25) is 9.97 Å². The van der Waals surface area contributed by atoms with E-state index >= 15 is 0 Å². The first kappa shape index (κ1) is 11.5. The first-order valence-corrected chi connectivity index (χ1v) is 6.73. The van der Waals surface area contributed by atoms with Gasteiger partial charge < -0.3 is 5.73 Å². The molecule has 2 aromatic heterocycles. The van der Waals surface area contributed by atoms with Gasteiger partial charge in [-0.25, -0.2) is 8.42 Å². The van der Waals surface area contributed by atoms with Crippen molar-refractivity contribution in [3.63, 3.8) is 0 Å². The van der Waals surface area contributed by atoms with Gasteiger partial charge in [0.1, 0.15) is 0 Å². The minimum atomic E-state index is -3.22. The molecule has 0 aliphatic carbocycles. The summed E-state index contributed by atoms with van der Waals surface area (Å²) in [6, 6.07) is 4.79. The largest absolute Gasteiger partial charge is 0.398 e. The van der Waals surface area contributed by atoms with E-state index in [4.69, 9.17) is 5.73 Å². The van der Waals surface area contributed by atoms with E-state index in [0.29, 0.717) is 16.9 Å². The van der Waals surface area contributed by atoms with E-state index in [-0.39, 0.29) is 4.90 Å². The molecule has 0 aliphatic heterocycles. The number of sulfone groups is 1. The lowest BCUT2D eigenvalue weighted by Crippen LogP contribution is -1.98. The third-order valence-electron chi connectivity index (χ3n) is 2.30. The van der Waals surface area contributed by atoms with Crippen LogP contribution in [-0.2, 0) is 9.84 Å². The summed E-state index contributed by atoms with van der Waals surface area (Å²) >= 11 is 0. The van der Waals surface area contributed by atoms with Gasteiger partial charge in [-0.15, -0.1) is 0 Å². The van der Waals surface area contributed by atoms with Crippen molar-refractivity contribution in [3.8, 4) is 11.3 Å². The Morgan fingerprint density at radius 2 is 1.94 bits per heavy atom. The molecule has 0 aliphatic rings. The number of nitrogens with two attached hydrogens (primary N) is 1. The summed E-state index contributed by atoms with van der Waals surface area (Å²) in [5.74, 6) is 0. The van der Waals surface area contributed by atoms with Crippen LogP contribution in [0.4, 0.5) is 5.69 Å². The van der Waals surface area contributed by atoms with Gasteiger partial charge in [0.15, 0.2) is 9.84 Å². The maximum absolute atomic E-state index is 11.3. The molecule has 0 fully saturated rings. The van der Waals surface area contributed by atoms with E-state index in [1.807, 2.05) is 0 Å². The highest BCUT2D eigenvalue weighted by molar-refractivity contribution is 7.90. The van der Waals surface area contributed by atoms with Gasteiger partial charge in [0, 0.05) is 36.1 Å². The topological polar surface area (TPSA) is 85.9 Å². The van der Waals surface area contributed by atoms with Crippen LogP contribution < -0.4 is 5.73 Å². The quantitative estimate of drug-likeness (QED) is 0.862. The highest BCUT2D eigenvalue weighted by Gasteiger charge is 2.09. The molecule has 2 rings (SSSR count). The first-order chi connectivity index (χ1) is 7.98. The van der Waals surface area contributed by atoms with E-state index in [9.17, 15) is 8.42 Å². The predicted molar refractivity (Wildman–Crippen MR) is 65.0 cm³/mol. The van der Waals surface area contributed by atoms with Crippen LogP contribution in [0.1, 0.15) is 0 Å². The van der Waals surface area contributed by atoms with Gasteiger partial charge in [-0.1, -0.05) is 0 Å². The van der Waals surface area contributed by atoms with Gasteiger partial charge in [0.05, 0.1) is 10.6 Å². The molecule has 88 valence electrons. The van der Waals surface area contributed by atoms with Crippen LogP contribution in [0.5, 0.6) is 0 Å². The molecule has 2 aromatic rings. The third-order valence-corrected chi connectivity index (χ3v) is 3.39. The Kier molecular flexibility index (Phi) is 2.81. The van der Waals surface area contributed by atoms with E-state index in [0.717, 1.165) is 6.26 Å². The Morgan fingerprint density at radius 3 is 2.47 bits per heavy atom. The lowest BCUT2D eigenvalue weighted by molar-refractivity contribution is 0.601. The van der Waals surface area contributed by atoms with Gasteiger partial charge >= 0.3 is 0 Å². The van der Waals surface area contributed by atoms with Gasteiger partial charge in [-0.05, 0) is 18.2 Å². The lowest BCUT2D eigenvalue weighted by atomic mass is 10.1. The van der Waals surface area contributed by atoms with Crippen LogP contribution in [0.25, 0.3) is 11.3 Å². The van der Waals surface area contributed by atoms with Crippen molar-refractivity contribution in [2.75, 3.05) is 12.0 Å². The summed E-state index contributed by atoms with van der Waals surface area (Å²) in [5, 5.41) is 0. The highest BCUT2D eigenvalue weighted by Crippen LogP contribution is 2.23. The van der Waals surface area contributed by atoms with Crippen molar-refractivity contribution in [3.05, 3.63) is 36.8 Å². The highest BCUT2D eigenvalue weighted by atomic mass is 32.2. The molecule has 0 bridgehead atoms. The number of nitrogen functional groups attached to an aromatic ring is 1. The fourth-order valence-corrected chi connectivity index (χ4v) is 1.94. The Hall–Kier alpha value is -1.95. The molecule has 0 atom stereocenters. The molecule has 0 aromatic carbocycles. The maximum atomic E-state index is 11.3. The molecule has 0 amide bonds. The molecule has 0 radical (unpaired) electrons. The summed E-state index contributed by atoms with van der Waals surface area (Å²) in [5.41, 5.74) is 7.62. The van der Waals surface area contributed by atoms with Crippen LogP contribution in [-0.4, -0.2) is 24.6 Å². The second kappa shape index (κ2) is 4.14. The number of rotatable bonds is 2. The molecule has 0 spiro atoms. The van der Waals surface area contributed by atoms with Gasteiger partial charge in [0.25, 0.3) is 0 Å². The molecule has 2 N–H and O–H groups in total. The number of hydrogen-bond acceptors (Lipinski definition) is 5. The van der Waals surface area contributed by atoms with Crippen molar-refractivity contribution in [2.24, 2.45) is 0 Å². The molecule has 0 saturated heterocycles. The van der Waals surface area contributed by atoms with Crippen LogP contribution in [0.2, 0.25) is 0 Å². The van der Waals surface area contributed by atoms with Crippen molar-refractivity contribution in [1.29, 1.82) is 0 Å². The zero-order valence-corrected chi connectivity index (χ0v) is 9.98. The number of pyridine rings is 2.